The van der Waals surface area contributed by atoms with Gasteiger partial charge in [-0.05, 0) is 49.6 Å². The molecule has 0 atom stereocenters. The zero-order valence-corrected chi connectivity index (χ0v) is 12.8. The molecule has 0 spiro atoms. The van der Waals surface area contributed by atoms with Gasteiger partial charge in [-0.25, -0.2) is 4.68 Å². The van der Waals surface area contributed by atoms with Crippen LogP contribution in [0.5, 0.6) is 0 Å². The molecule has 0 amide bonds. The molecular weight excluding hydrogens is 298 g/mol. The first-order valence-corrected chi connectivity index (χ1v) is 7.86. The molecule has 4 nitrogen and oxygen atoms in total. The van der Waals surface area contributed by atoms with Gasteiger partial charge in [0.25, 0.3) is 0 Å². The van der Waals surface area contributed by atoms with Crippen molar-refractivity contribution in [3.63, 3.8) is 0 Å². The highest BCUT2D eigenvalue weighted by Gasteiger charge is 2.22. The molecule has 3 heterocycles. The van der Waals surface area contributed by atoms with Crippen molar-refractivity contribution in [2.45, 2.75) is 19.3 Å². The Morgan fingerprint density at radius 3 is 2.95 bits per heavy atom. The van der Waals surface area contributed by atoms with E-state index in [-0.39, 0.29) is 0 Å². The van der Waals surface area contributed by atoms with Crippen LogP contribution in [0, 0.1) is 0 Å². The van der Waals surface area contributed by atoms with Crippen molar-refractivity contribution in [1.29, 1.82) is 0 Å². The molecule has 22 heavy (non-hydrogen) atoms. The fourth-order valence-corrected chi connectivity index (χ4v) is 3.09. The Morgan fingerprint density at radius 2 is 2.14 bits per heavy atom. The minimum atomic E-state index is 0.704. The van der Waals surface area contributed by atoms with Crippen molar-refractivity contribution in [2.75, 3.05) is 11.9 Å². The van der Waals surface area contributed by atoms with Gasteiger partial charge < -0.3 is 9.73 Å². The van der Waals surface area contributed by atoms with E-state index in [0.29, 0.717) is 5.02 Å². The molecule has 0 saturated heterocycles. The van der Waals surface area contributed by atoms with Crippen LogP contribution in [-0.4, -0.2) is 16.3 Å². The lowest BCUT2D eigenvalue weighted by Gasteiger charge is -2.09. The number of rotatable bonds is 2. The number of hydrogen-bond donors (Lipinski definition) is 1. The van der Waals surface area contributed by atoms with E-state index in [4.69, 9.17) is 21.1 Å². The highest BCUT2D eigenvalue weighted by atomic mass is 35.5. The van der Waals surface area contributed by atoms with Gasteiger partial charge in [0.15, 0.2) is 5.76 Å². The van der Waals surface area contributed by atoms with Gasteiger partial charge >= 0.3 is 0 Å². The summed E-state index contributed by atoms with van der Waals surface area (Å²) in [6.07, 6.45) is 4.99. The van der Waals surface area contributed by atoms with E-state index >= 15 is 0 Å². The summed E-state index contributed by atoms with van der Waals surface area (Å²) in [5, 5.41) is 9.00. The summed E-state index contributed by atoms with van der Waals surface area (Å²) in [5.41, 5.74) is 3.08. The number of furan rings is 1. The predicted molar refractivity (Wildman–Crippen MR) is 87.7 cm³/mol. The van der Waals surface area contributed by atoms with Crippen molar-refractivity contribution in [3.05, 3.63) is 53.2 Å². The fraction of sp³-hybridized carbons (Fsp3) is 0.235. The third-order valence-corrected chi connectivity index (χ3v) is 4.17. The Labute approximate surface area is 133 Å². The fourth-order valence-electron chi connectivity index (χ4n) is 2.91. The maximum atomic E-state index is 6.14. The molecule has 3 aromatic rings. The van der Waals surface area contributed by atoms with Gasteiger partial charge in [0.2, 0.25) is 0 Å². The van der Waals surface area contributed by atoms with Crippen molar-refractivity contribution in [1.82, 2.24) is 9.78 Å². The highest BCUT2D eigenvalue weighted by Crippen LogP contribution is 2.34. The Kier molecular flexibility index (Phi) is 3.39. The van der Waals surface area contributed by atoms with Crippen LogP contribution in [0.1, 0.15) is 18.4 Å². The summed E-state index contributed by atoms with van der Waals surface area (Å²) >= 11 is 6.14. The van der Waals surface area contributed by atoms with Gasteiger partial charge in [0, 0.05) is 17.1 Å². The number of hydrogen-bond acceptors (Lipinski definition) is 3. The molecule has 1 aliphatic rings. The van der Waals surface area contributed by atoms with Crippen LogP contribution in [0.2, 0.25) is 5.02 Å². The first kappa shape index (κ1) is 13.5. The van der Waals surface area contributed by atoms with Crippen LogP contribution >= 0.6 is 11.6 Å². The van der Waals surface area contributed by atoms with Crippen LogP contribution < -0.4 is 5.32 Å². The Balaban J connectivity index is 1.92. The summed E-state index contributed by atoms with van der Waals surface area (Å²) in [6.45, 7) is 0.955. The molecule has 0 unspecified atom stereocenters. The Morgan fingerprint density at radius 1 is 1.18 bits per heavy atom. The van der Waals surface area contributed by atoms with Crippen molar-refractivity contribution >= 4 is 17.4 Å². The second-order valence-corrected chi connectivity index (χ2v) is 5.87. The molecule has 2 aromatic heterocycles. The SMILES string of the molecule is Clc1cccc(-n2nc(-c3ccco3)c3c2NCCCC3)c1. The average Bonchev–Trinajstić information content (AvgIpc) is 3.09. The van der Waals surface area contributed by atoms with Crippen molar-refractivity contribution in [3.8, 4) is 17.1 Å². The summed E-state index contributed by atoms with van der Waals surface area (Å²) in [4.78, 5) is 0. The molecule has 1 aromatic carbocycles. The summed E-state index contributed by atoms with van der Waals surface area (Å²) in [7, 11) is 0. The smallest absolute Gasteiger partial charge is 0.154 e. The molecular formula is C17H16ClN3O. The van der Waals surface area contributed by atoms with E-state index in [0.717, 1.165) is 48.8 Å². The lowest BCUT2D eigenvalue weighted by molar-refractivity contribution is 0.578. The van der Waals surface area contributed by atoms with Crippen molar-refractivity contribution < 1.29 is 4.42 Å². The number of aromatic nitrogens is 2. The molecule has 0 saturated carbocycles. The van der Waals surface area contributed by atoms with Gasteiger partial charge in [-0.1, -0.05) is 17.7 Å². The number of anilines is 1. The van der Waals surface area contributed by atoms with Crippen LogP contribution in [-0.2, 0) is 6.42 Å². The number of halogens is 1. The van der Waals surface area contributed by atoms with E-state index in [2.05, 4.69) is 5.32 Å². The molecule has 0 radical (unpaired) electrons. The van der Waals surface area contributed by atoms with E-state index in [1.54, 1.807) is 6.26 Å². The van der Waals surface area contributed by atoms with Gasteiger partial charge in [-0.2, -0.15) is 5.10 Å². The summed E-state index contributed by atoms with van der Waals surface area (Å²) in [6, 6.07) is 11.6. The summed E-state index contributed by atoms with van der Waals surface area (Å²) < 4.78 is 7.50. The average molecular weight is 314 g/mol. The topological polar surface area (TPSA) is 43.0 Å². The lowest BCUT2D eigenvalue weighted by atomic mass is 10.1. The number of nitrogens with one attached hydrogen (secondary N) is 1. The van der Waals surface area contributed by atoms with Gasteiger partial charge in [0.1, 0.15) is 11.5 Å². The van der Waals surface area contributed by atoms with Crippen LogP contribution in [0.3, 0.4) is 0 Å². The molecule has 0 bridgehead atoms. The second-order valence-electron chi connectivity index (χ2n) is 5.43. The van der Waals surface area contributed by atoms with E-state index < -0.39 is 0 Å². The number of nitrogens with zero attached hydrogens (tertiary/aromatic N) is 2. The molecule has 1 N–H and O–H groups in total. The minimum absolute atomic E-state index is 0.704. The molecule has 112 valence electrons. The van der Waals surface area contributed by atoms with Crippen LogP contribution in [0.25, 0.3) is 17.1 Å². The minimum Gasteiger partial charge on any atom is -0.463 e. The quantitative estimate of drug-likeness (QED) is 0.755. The molecule has 5 heteroatoms. The molecule has 1 aliphatic heterocycles. The third-order valence-electron chi connectivity index (χ3n) is 3.94. The maximum Gasteiger partial charge on any atom is 0.154 e. The Hall–Kier alpha value is -2.20. The first-order chi connectivity index (χ1) is 10.8. The standard InChI is InChI=1S/C17H16ClN3O/c18-12-5-3-6-13(11-12)21-17-14(7-1-2-9-19-17)16(20-21)15-8-4-10-22-15/h3-6,8,10-11,19H,1-2,7,9H2. The third kappa shape index (κ3) is 2.29. The molecule has 0 aliphatic carbocycles. The molecule has 0 fully saturated rings. The van der Waals surface area contributed by atoms with E-state index in [9.17, 15) is 0 Å². The monoisotopic (exact) mass is 313 g/mol. The second kappa shape index (κ2) is 5.54. The highest BCUT2D eigenvalue weighted by molar-refractivity contribution is 6.30. The van der Waals surface area contributed by atoms with Crippen molar-refractivity contribution in [2.24, 2.45) is 0 Å². The van der Waals surface area contributed by atoms with Gasteiger partial charge in [-0.15, -0.1) is 0 Å². The summed E-state index contributed by atoms with van der Waals surface area (Å²) in [5.74, 6) is 1.85. The Bertz CT molecular complexity index is 792. The van der Waals surface area contributed by atoms with E-state index in [1.807, 2.05) is 41.1 Å². The number of fused-ring (bicyclic) bond motifs is 1. The van der Waals surface area contributed by atoms with Crippen LogP contribution in [0.4, 0.5) is 5.82 Å². The largest absolute Gasteiger partial charge is 0.463 e. The van der Waals surface area contributed by atoms with Crippen LogP contribution in [0.15, 0.2) is 47.1 Å². The first-order valence-electron chi connectivity index (χ1n) is 7.48. The molecule has 4 rings (SSSR count). The van der Waals surface area contributed by atoms with E-state index in [1.165, 1.54) is 5.56 Å². The number of benzene rings is 1. The van der Waals surface area contributed by atoms with Gasteiger partial charge in [-0.3, -0.25) is 0 Å². The zero-order valence-electron chi connectivity index (χ0n) is 12.1. The lowest BCUT2D eigenvalue weighted by Crippen LogP contribution is -2.07. The predicted octanol–water partition coefficient (Wildman–Crippen LogP) is 4.53. The normalized spacial score (nSPS) is 14.2. The zero-order chi connectivity index (χ0) is 14.9. The maximum absolute atomic E-state index is 6.14. The van der Waals surface area contributed by atoms with Gasteiger partial charge in [0.05, 0.1) is 12.0 Å².